The van der Waals surface area contributed by atoms with Crippen molar-refractivity contribution in [1.29, 1.82) is 0 Å². The molecule has 0 heterocycles. The molecule has 0 amide bonds. The van der Waals surface area contributed by atoms with E-state index in [0.717, 1.165) is 17.7 Å². The number of methoxy groups -OCH3 is 1. The lowest BCUT2D eigenvalue weighted by atomic mass is 10.2. The zero-order valence-corrected chi connectivity index (χ0v) is 18.8. The molecule has 28 heavy (non-hydrogen) atoms. The molecule has 0 aromatic heterocycles. The van der Waals surface area contributed by atoms with Crippen LogP contribution in [-0.4, -0.2) is 45.5 Å². The quantitative estimate of drug-likeness (QED) is 0.186. The van der Waals surface area contributed by atoms with E-state index in [4.69, 9.17) is 9.47 Å². The standard InChI is InChI=1S/C19H30F3N3O2.HI/c1-3-27-14-6-13-24-18(23-12-5-4-11-19(20,21)22)25-15-16-7-9-17(26-2)10-8-16;/h7-10H,3-6,11-15H2,1-2H3,(H2,23,24,25);1H. The van der Waals surface area contributed by atoms with Crippen LogP contribution in [0.2, 0.25) is 0 Å². The maximum atomic E-state index is 12.2. The smallest absolute Gasteiger partial charge is 0.389 e. The Bertz CT molecular complexity index is 540. The monoisotopic (exact) mass is 517 g/mol. The number of nitrogens with zero attached hydrogens (tertiary/aromatic N) is 1. The number of alkyl halides is 3. The Labute approximate surface area is 182 Å². The highest BCUT2D eigenvalue weighted by molar-refractivity contribution is 14.0. The first kappa shape index (κ1) is 26.8. The minimum absolute atomic E-state index is 0. The number of benzene rings is 1. The maximum absolute atomic E-state index is 12.2. The van der Waals surface area contributed by atoms with E-state index in [9.17, 15) is 13.2 Å². The Morgan fingerprint density at radius 2 is 1.68 bits per heavy atom. The number of ether oxygens (including phenoxy) is 2. The number of nitrogens with one attached hydrogen (secondary N) is 2. The molecule has 0 radical (unpaired) electrons. The molecule has 0 spiro atoms. The first-order chi connectivity index (χ1) is 12.9. The molecule has 1 aromatic carbocycles. The summed E-state index contributed by atoms with van der Waals surface area (Å²) in [5.74, 6) is 1.37. The fraction of sp³-hybridized carbons (Fsp3) is 0.632. The summed E-state index contributed by atoms with van der Waals surface area (Å²) in [6.45, 7) is 4.86. The van der Waals surface area contributed by atoms with Gasteiger partial charge in [-0.2, -0.15) is 13.2 Å². The van der Waals surface area contributed by atoms with Gasteiger partial charge in [0.05, 0.1) is 13.7 Å². The molecule has 0 saturated heterocycles. The number of rotatable bonds is 12. The molecule has 1 rings (SSSR count). The van der Waals surface area contributed by atoms with Gasteiger partial charge in [-0.05, 0) is 43.9 Å². The summed E-state index contributed by atoms with van der Waals surface area (Å²) in [6.07, 6.45) is -3.49. The largest absolute Gasteiger partial charge is 0.497 e. The summed E-state index contributed by atoms with van der Waals surface area (Å²) in [7, 11) is 1.61. The van der Waals surface area contributed by atoms with Crippen molar-refractivity contribution in [3.05, 3.63) is 29.8 Å². The fourth-order valence-corrected chi connectivity index (χ4v) is 2.26. The molecule has 0 unspecified atom stereocenters. The summed E-state index contributed by atoms with van der Waals surface area (Å²) in [6, 6.07) is 7.59. The highest BCUT2D eigenvalue weighted by atomic mass is 127. The number of halogens is 4. The van der Waals surface area contributed by atoms with Crippen molar-refractivity contribution in [2.75, 3.05) is 33.4 Å². The summed E-state index contributed by atoms with van der Waals surface area (Å²) in [5.41, 5.74) is 1.02. The van der Waals surface area contributed by atoms with Gasteiger partial charge in [-0.3, -0.25) is 0 Å². The van der Waals surface area contributed by atoms with E-state index in [0.29, 0.717) is 45.2 Å². The van der Waals surface area contributed by atoms with E-state index in [2.05, 4.69) is 15.6 Å². The molecular weight excluding hydrogens is 486 g/mol. The topological polar surface area (TPSA) is 54.9 Å². The zero-order chi connectivity index (χ0) is 20.0. The van der Waals surface area contributed by atoms with Crippen LogP contribution in [0.25, 0.3) is 0 Å². The average Bonchev–Trinajstić information content (AvgIpc) is 2.64. The van der Waals surface area contributed by atoms with Crippen LogP contribution in [0.15, 0.2) is 29.3 Å². The fourth-order valence-electron chi connectivity index (χ4n) is 2.26. The molecule has 162 valence electrons. The van der Waals surface area contributed by atoms with Crippen LogP contribution in [0.5, 0.6) is 5.75 Å². The number of hydrogen-bond donors (Lipinski definition) is 2. The van der Waals surface area contributed by atoms with Gasteiger partial charge in [0.2, 0.25) is 0 Å². The van der Waals surface area contributed by atoms with E-state index < -0.39 is 12.6 Å². The zero-order valence-electron chi connectivity index (χ0n) is 16.5. The highest BCUT2D eigenvalue weighted by Crippen LogP contribution is 2.21. The van der Waals surface area contributed by atoms with Crippen LogP contribution < -0.4 is 15.4 Å². The van der Waals surface area contributed by atoms with Crippen LogP contribution in [0.3, 0.4) is 0 Å². The normalized spacial score (nSPS) is 11.7. The number of hydrogen-bond acceptors (Lipinski definition) is 3. The lowest BCUT2D eigenvalue weighted by Crippen LogP contribution is -2.38. The van der Waals surface area contributed by atoms with Crippen molar-refractivity contribution in [1.82, 2.24) is 10.6 Å². The molecule has 2 N–H and O–H groups in total. The van der Waals surface area contributed by atoms with Crippen LogP contribution in [-0.2, 0) is 11.3 Å². The molecule has 0 atom stereocenters. The average molecular weight is 517 g/mol. The van der Waals surface area contributed by atoms with Crippen molar-refractivity contribution in [2.24, 2.45) is 4.99 Å². The number of unbranched alkanes of at least 4 members (excludes halogenated alkanes) is 1. The van der Waals surface area contributed by atoms with Gasteiger partial charge in [-0.1, -0.05) is 12.1 Å². The van der Waals surface area contributed by atoms with E-state index >= 15 is 0 Å². The van der Waals surface area contributed by atoms with Crippen molar-refractivity contribution in [2.45, 2.75) is 45.3 Å². The van der Waals surface area contributed by atoms with Crippen molar-refractivity contribution in [3.63, 3.8) is 0 Å². The third kappa shape index (κ3) is 13.9. The first-order valence-electron chi connectivity index (χ1n) is 9.24. The van der Waals surface area contributed by atoms with Gasteiger partial charge < -0.3 is 20.1 Å². The van der Waals surface area contributed by atoms with Crippen molar-refractivity contribution in [3.8, 4) is 5.75 Å². The van der Waals surface area contributed by atoms with E-state index in [1.165, 1.54) is 0 Å². The lowest BCUT2D eigenvalue weighted by molar-refractivity contribution is -0.135. The predicted octanol–water partition coefficient (Wildman–Crippen LogP) is 4.51. The predicted molar refractivity (Wildman–Crippen MR) is 117 cm³/mol. The second-order valence-corrected chi connectivity index (χ2v) is 5.99. The molecule has 0 saturated carbocycles. The van der Waals surface area contributed by atoms with Gasteiger partial charge >= 0.3 is 6.18 Å². The minimum atomic E-state index is -4.09. The Balaban J connectivity index is 0.00000729. The summed E-state index contributed by atoms with van der Waals surface area (Å²) in [4.78, 5) is 4.50. The van der Waals surface area contributed by atoms with Crippen LogP contribution >= 0.6 is 24.0 Å². The second kappa shape index (κ2) is 15.7. The third-order valence-electron chi connectivity index (χ3n) is 3.72. The minimum Gasteiger partial charge on any atom is -0.497 e. The van der Waals surface area contributed by atoms with E-state index in [-0.39, 0.29) is 30.4 Å². The summed E-state index contributed by atoms with van der Waals surface area (Å²) < 4.78 is 47.0. The molecule has 0 aliphatic rings. The molecule has 9 heteroatoms. The van der Waals surface area contributed by atoms with Crippen molar-refractivity contribution >= 4 is 29.9 Å². The van der Waals surface area contributed by atoms with Crippen LogP contribution in [0, 0.1) is 0 Å². The summed E-state index contributed by atoms with van der Waals surface area (Å²) in [5, 5.41) is 6.29. The van der Waals surface area contributed by atoms with Gasteiger partial charge in [-0.25, -0.2) is 4.99 Å². The van der Waals surface area contributed by atoms with Crippen LogP contribution in [0.1, 0.15) is 38.2 Å². The number of aliphatic imine (C=N–C) groups is 1. The third-order valence-corrected chi connectivity index (χ3v) is 3.72. The maximum Gasteiger partial charge on any atom is 0.389 e. The van der Waals surface area contributed by atoms with Gasteiger partial charge in [-0.15, -0.1) is 24.0 Å². The van der Waals surface area contributed by atoms with Crippen LogP contribution in [0.4, 0.5) is 13.2 Å². The van der Waals surface area contributed by atoms with Gasteiger partial charge in [0.1, 0.15) is 5.75 Å². The molecule has 0 aliphatic heterocycles. The van der Waals surface area contributed by atoms with E-state index in [1.54, 1.807) is 7.11 Å². The van der Waals surface area contributed by atoms with Gasteiger partial charge in [0.25, 0.3) is 0 Å². The van der Waals surface area contributed by atoms with Crippen molar-refractivity contribution < 1.29 is 22.6 Å². The Kier molecular flexibility index (Phi) is 15.0. The van der Waals surface area contributed by atoms with E-state index in [1.807, 2.05) is 31.2 Å². The molecule has 5 nitrogen and oxygen atoms in total. The highest BCUT2D eigenvalue weighted by Gasteiger charge is 2.25. The Morgan fingerprint density at radius 1 is 1.04 bits per heavy atom. The lowest BCUT2D eigenvalue weighted by Gasteiger charge is -2.13. The molecule has 0 bridgehead atoms. The SMILES string of the molecule is CCOCCCNC(=NCc1ccc(OC)cc1)NCCCCC(F)(F)F.I. The molecule has 0 aliphatic carbocycles. The number of guanidine groups is 1. The summed E-state index contributed by atoms with van der Waals surface area (Å²) >= 11 is 0. The van der Waals surface area contributed by atoms with Gasteiger partial charge in [0.15, 0.2) is 5.96 Å². The van der Waals surface area contributed by atoms with Gasteiger partial charge in [0, 0.05) is 32.7 Å². The molecule has 1 aromatic rings. The molecule has 0 fully saturated rings. The Hall–Kier alpha value is -1.23. The Morgan fingerprint density at radius 3 is 2.25 bits per heavy atom. The first-order valence-corrected chi connectivity index (χ1v) is 9.24. The second-order valence-electron chi connectivity index (χ2n) is 5.99. The molecular formula is C19H31F3IN3O2.